The van der Waals surface area contributed by atoms with Gasteiger partial charge in [0.25, 0.3) is 0 Å². The lowest BCUT2D eigenvalue weighted by Gasteiger charge is -2.27. The van der Waals surface area contributed by atoms with E-state index < -0.39 is 35.6 Å². The van der Waals surface area contributed by atoms with Crippen molar-refractivity contribution in [2.45, 2.75) is 18.9 Å². The van der Waals surface area contributed by atoms with Gasteiger partial charge in [0.15, 0.2) is 0 Å². The molecule has 0 aliphatic heterocycles. The van der Waals surface area contributed by atoms with Gasteiger partial charge < -0.3 is 20.3 Å². The van der Waals surface area contributed by atoms with E-state index in [9.17, 15) is 19.5 Å². The second-order valence-corrected chi connectivity index (χ2v) is 8.76. The number of pyridine rings is 1. The highest BCUT2D eigenvalue weighted by molar-refractivity contribution is 5.98. The molecule has 194 valence electrons. The van der Waals surface area contributed by atoms with Crippen molar-refractivity contribution in [2.75, 3.05) is 5.32 Å². The molecule has 0 saturated heterocycles. The van der Waals surface area contributed by atoms with Crippen LogP contribution in [0.3, 0.4) is 0 Å². The van der Waals surface area contributed by atoms with Crippen LogP contribution in [0.2, 0.25) is 0 Å². The van der Waals surface area contributed by atoms with Crippen LogP contribution >= 0.6 is 0 Å². The zero-order valence-corrected chi connectivity index (χ0v) is 20.6. The van der Waals surface area contributed by atoms with Crippen molar-refractivity contribution in [1.29, 1.82) is 0 Å². The summed E-state index contributed by atoms with van der Waals surface area (Å²) >= 11 is 0. The maximum Gasteiger partial charge on any atom is 0.405 e. The van der Waals surface area contributed by atoms with Gasteiger partial charge in [0.1, 0.15) is 17.7 Å². The first-order chi connectivity index (χ1) is 18.2. The average molecular weight is 518 g/mol. The maximum absolute atomic E-state index is 15.2. The summed E-state index contributed by atoms with van der Waals surface area (Å²) in [4.78, 5) is 37.0. The summed E-state index contributed by atoms with van der Waals surface area (Å²) in [6.45, 7) is 1.57. The summed E-state index contributed by atoms with van der Waals surface area (Å²) in [6, 6.07) is 20.9. The number of rotatable bonds is 7. The minimum Gasteiger partial charge on any atom is -0.465 e. The number of hydrogen-bond acceptors (Lipinski definition) is 3. The minimum absolute atomic E-state index is 0.187. The Morgan fingerprint density at radius 1 is 0.868 bits per heavy atom. The van der Waals surface area contributed by atoms with Crippen molar-refractivity contribution in [3.8, 4) is 11.1 Å². The Kier molecular flexibility index (Phi) is 7.66. The van der Waals surface area contributed by atoms with Crippen LogP contribution in [-0.2, 0) is 11.8 Å². The summed E-state index contributed by atoms with van der Waals surface area (Å²) in [5.74, 6) is -3.43. The second-order valence-electron chi connectivity index (χ2n) is 8.76. The topological polar surface area (TPSA) is 100 Å². The molecule has 1 atom stereocenters. The van der Waals surface area contributed by atoms with Crippen molar-refractivity contribution in [1.82, 2.24) is 9.88 Å². The Hall–Kier alpha value is -4.79. The van der Waals surface area contributed by atoms with Gasteiger partial charge in [-0.2, -0.15) is 0 Å². The molecule has 0 fully saturated rings. The first kappa shape index (κ1) is 26.3. The molecular weight excluding hydrogens is 492 g/mol. The Morgan fingerprint density at radius 3 is 1.89 bits per heavy atom. The SMILES string of the molecule is Cc1c(-c2c(F)cc(NC(=O)[C@@H](NC(=O)O)C(c3ccccc3)c3ccccc3)cc2F)ccc(=O)n1C. The standard InChI is InChI=1S/C29H25F2N3O4/c1-17-21(13-14-24(35)34(17)2)26-22(30)15-20(16-23(26)31)32-28(36)27(33-29(37)38)25(18-9-5-3-6-10-18)19-11-7-4-8-12-19/h3-16,25,27,33H,1-2H3,(H,32,36)(H,37,38)/t27-/m0/s1. The van der Waals surface area contributed by atoms with Crippen molar-refractivity contribution < 1.29 is 23.5 Å². The van der Waals surface area contributed by atoms with Crippen molar-refractivity contribution in [2.24, 2.45) is 7.05 Å². The predicted molar refractivity (Wildman–Crippen MR) is 140 cm³/mol. The quantitative estimate of drug-likeness (QED) is 0.320. The van der Waals surface area contributed by atoms with E-state index in [1.165, 1.54) is 23.7 Å². The minimum atomic E-state index is -1.43. The van der Waals surface area contributed by atoms with Gasteiger partial charge in [-0.3, -0.25) is 9.59 Å². The lowest BCUT2D eigenvalue weighted by atomic mass is 9.84. The Balaban J connectivity index is 1.72. The first-order valence-corrected chi connectivity index (χ1v) is 11.7. The van der Waals surface area contributed by atoms with E-state index in [2.05, 4.69) is 10.6 Å². The van der Waals surface area contributed by atoms with Crippen LogP contribution in [0, 0.1) is 18.6 Å². The molecule has 1 aromatic heterocycles. The molecule has 7 nitrogen and oxygen atoms in total. The molecule has 4 aromatic rings. The van der Waals surface area contributed by atoms with Gasteiger partial charge in [0.05, 0.1) is 5.56 Å². The number of nitrogens with one attached hydrogen (secondary N) is 2. The number of carboxylic acid groups (broad SMARTS) is 1. The van der Waals surface area contributed by atoms with E-state index in [0.29, 0.717) is 16.8 Å². The molecule has 1 heterocycles. The molecule has 0 aliphatic carbocycles. The number of nitrogens with zero attached hydrogens (tertiary/aromatic N) is 1. The maximum atomic E-state index is 15.2. The molecule has 0 radical (unpaired) electrons. The molecule has 4 rings (SSSR count). The van der Waals surface area contributed by atoms with E-state index >= 15 is 8.78 Å². The molecule has 9 heteroatoms. The molecule has 3 N–H and O–H groups in total. The van der Waals surface area contributed by atoms with Crippen LogP contribution in [0.4, 0.5) is 19.3 Å². The van der Waals surface area contributed by atoms with Crippen LogP contribution in [0.15, 0.2) is 89.7 Å². The molecule has 2 amide bonds. The van der Waals surface area contributed by atoms with Crippen molar-refractivity contribution >= 4 is 17.7 Å². The number of halogens is 2. The molecule has 0 unspecified atom stereocenters. The third-order valence-electron chi connectivity index (χ3n) is 6.41. The molecule has 0 bridgehead atoms. The second kappa shape index (κ2) is 11.1. The highest BCUT2D eigenvalue weighted by atomic mass is 19.1. The Labute approximate surface area is 217 Å². The lowest BCUT2D eigenvalue weighted by Crippen LogP contribution is -2.47. The molecule has 0 aliphatic rings. The summed E-state index contributed by atoms with van der Waals surface area (Å²) < 4.78 is 31.6. The highest BCUT2D eigenvalue weighted by Gasteiger charge is 2.33. The van der Waals surface area contributed by atoms with E-state index in [0.717, 1.165) is 12.1 Å². The fourth-order valence-corrected chi connectivity index (χ4v) is 4.45. The Bertz CT molecular complexity index is 1480. The van der Waals surface area contributed by atoms with E-state index in [-0.39, 0.29) is 22.4 Å². The lowest BCUT2D eigenvalue weighted by molar-refractivity contribution is -0.118. The number of carbonyl (C=O) groups excluding carboxylic acids is 1. The zero-order valence-electron chi connectivity index (χ0n) is 20.6. The predicted octanol–water partition coefficient (Wildman–Crippen LogP) is 5.05. The number of aromatic nitrogens is 1. The summed E-state index contributed by atoms with van der Waals surface area (Å²) in [5.41, 5.74) is 1.05. The van der Waals surface area contributed by atoms with Crippen LogP contribution in [0.25, 0.3) is 11.1 Å². The highest BCUT2D eigenvalue weighted by Crippen LogP contribution is 2.32. The van der Waals surface area contributed by atoms with Gasteiger partial charge in [-0.25, -0.2) is 13.6 Å². The third-order valence-corrected chi connectivity index (χ3v) is 6.41. The van der Waals surface area contributed by atoms with Gasteiger partial charge in [-0.15, -0.1) is 0 Å². The van der Waals surface area contributed by atoms with Gasteiger partial charge >= 0.3 is 6.09 Å². The summed E-state index contributed by atoms with van der Waals surface area (Å²) in [6.07, 6.45) is -1.43. The van der Waals surface area contributed by atoms with Gasteiger partial charge in [-0.1, -0.05) is 60.7 Å². The summed E-state index contributed by atoms with van der Waals surface area (Å²) in [7, 11) is 1.50. The zero-order chi connectivity index (χ0) is 27.4. The van der Waals surface area contributed by atoms with Gasteiger partial charge in [0.2, 0.25) is 11.5 Å². The molecule has 38 heavy (non-hydrogen) atoms. The average Bonchev–Trinajstić information content (AvgIpc) is 2.89. The number of anilines is 1. The number of amides is 2. The Morgan fingerprint density at radius 2 is 1.39 bits per heavy atom. The molecule has 0 saturated carbocycles. The van der Waals surface area contributed by atoms with Crippen LogP contribution in [0.1, 0.15) is 22.7 Å². The monoisotopic (exact) mass is 517 g/mol. The number of carbonyl (C=O) groups is 2. The summed E-state index contributed by atoms with van der Waals surface area (Å²) in [5, 5.41) is 14.3. The van der Waals surface area contributed by atoms with E-state index in [4.69, 9.17) is 0 Å². The van der Waals surface area contributed by atoms with E-state index in [1.54, 1.807) is 67.6 Å². The normalized spacial score (nSPS) is 11.7. The van der Waals surface area contributed by atoms with Gasteiger partial charge in [-0.05, 0) is 36.2 Å². The third kappa shape index (κ3) is 5.46. The van der Waals surface area contributed by atoms with Crippen molar-refractivity contribution in [3.05, 3.63) is 124 Å². The molecule has 3 aromatic carbocycles. The van der Waals surface area contributed by atoms with Crippen LogP contribution in [-0.4, -0.2) is 27.7 Å². The van der Waals surface area contributed by atoms with Crippen LogP contribution in [0.5, 0.6) is 0 Å². The smallest absolute Gasteiger partial charge is 0.405 e. The van der Waals surface area contributed by atoms with Gasteiger partial charge in [0, 0.05) is 36.0 Å². The molecular formula is C29H25F2N3O4. The number of hydrogen-bond donors (Lipinski definition) is 3. The van der Waals surface area contributed by atoms with Crippen LogP contribution < -0.4 is 16.2 Å². The largest absolute Gasteiger partial charge is 0.465 e. The van der Waals surface area contributed by atoms with Crippen molar-refractivity contribution in [3.63, 3.8) is 0 Å². The first-order valence-electron chi connectivity index (χ1n) is 11.7. The molecule has 0 spiro atoms. The van der Waals surface area contributed by atoms with E-state index in [1.807, 2.05) is 0 Å². The fourth-order valence-electron chi connectivity index (χ4n) is 4.45. The fraction of sp³-hybridized carbons (Fsp3) is 0.138. The number of benzene rings is 3.